The van der Waals surface area contributed by atoms with Gasteiger partial charge in [0.2, 0.25) is 5.95 Å². The summed E-state index contributed by atoms with van der Waals surface area (Å²) in [4.78, 5) is 19.7. The van der Waals surface area contributed by atoms with E-state index < -0.39 is 0 Å². The van der Waals surface area contributed by atoms with Crippen LogP contribution in [0.1, 0.15) is 10.4 Å². The van der Waals surface area contributed by atoms with Gasteiger partial charge in [0.15, 0.2) is 5.82 Å². The van der Waals surface area contributed by atoms with Crippen molar-refractivity contribution in [2.45, 2.75) is 0 Å². The molecule has 8 heteroatoms. The first kappa shape index (κ1) is 11.0. The highest BCUT2D eigenvalue weighted by atomic mass is 16.1. The fourth-order valence-electron chi connectivity index (χ4n) is 1.28. The van der Waals surface area contributed by atoms with Crippen molar-refractivity contribution in [3.8, 4) is 0 Å². The molecule has 1 amide bonds. The van der Waals surface area contributed by atoms with Crippen LogP contribution in [0.2, 0.25) is 0 Å². The number of aromatic nitrogens is 4. The average Bonchev–Trinajstić information content (AvgIpc) is 2.75. The Kier molecular flexibility index (Phi) is 2.97. The van der Waals surface area contributed by atoms with Crippen LogP contribution in [-0.4, -0.2) is 25.7 Å². The summed E-state index contributed by atoms with van der Waals surface area (Å²) < 4.78 is 1.45. The maximum absolute atomic E-state index is 11.9. The number of hydrazine groups is 1. The van der Waals surface area contributed by atoms with Crippen LogP contribution in [0.5, 0.6) is 0 Å². The first-order valence-electron chi connectivity index (χ1n) is 4.79. The number of nitrogens with zero attached hydrogens (tertiary/aromatic N) is 4. The Labute approximate surface area is 96.8 Å². The lowest BCUT2D eigenvalue weighted by atomic mass is 10.2. The molecule has 0 aliphatic rings. The molecule has 0 bridgehead atoms. The first-order valence-corrected chi connectivity index (χ1v) is 4.79. The Morgan fingerprint density at radius 1 is 1.47 bits per heavy atom. The van der Waals surface area contributed by atoms with Crippen molar-refractivity contribution < 1.29 is 4.79 Å². The van der Waals surface area contributed by atoms with Crippen LogP contribution < -0.4 is 16.6 Å². The number of hydrogen-bond acceptors (Lipinski definition) is 6. The van der Waals surface area contributed by atoms with Crippen molar-refractivity contribution in [3.63, 3.8) is 0 Å². The van der Waals surface area contributed by atoms with E-state index in [1.165, 1.54) is 17.2 Å². The molecular formula is C9H11N7O. The van der Waals surface area contributed by atoms with E-state index in [0.29, 0.717) is 17.3 Å². The predicted octanol–water partition coefficient (Wildman–Crippen LogP) is -0.252. The van der Waals surface area contributed by atoms with E-state index in [0.717, 1.165) is 0 Å². The molecule has 2 aromatic rings. The van der Waals surface area contributed by atoms with Crippen molar-refractivity contribution in [1.82, 2.24) is 19.7 Å². The second-order valence-electron chi connectivity index (χ2n) is 3.21. The molecule has 0 saturated heterocycles. The molecule has 0 aliphatic heterocycles. The van der Waals surface area contributed by atoms with E-state index >= 15 is 0 Å². The molecule has 0 spiro atoms. The number of carbonyl (C=O) groups is 1. The quantitative estimate of drug-likeness (QED) is 0.498. The van der Waals surface area contributed by atoms with E-state index in [4.69, 9.17) is 5.84 Å². The Morgan fingerprint density at radius 2 is 2.29 bits per heavy atom. The topological polar surface area (TPSA) is 111 Å². The lowest BCUT2D eigenvalue weighted by Crippen LogP contribution is -2.19. The monoisotopic (exact) mass is 233 g/mol. The first-order chi connectivity index (χ1) is 8.22. The number of hydrogen-bond donors (Lipinski definition) is 3. The van der Waals surface area contributed by atoms with Crippen molar-refractivity contribution in [3.05, 3.63) is 30.2 Å². The zero-order valence-electron chi connectivity index (χ0n) is 9.08. The Bertz CT molecular complexity index is 536. The smallest absolute Gasteiger partial charge is 0.261 e. The van der Waals surface area contributed by atoms with Crippen molar-refractivity contribution >= 4 is 17.7 Å². The summed E-state index contributed by atoms with van der Waals surface area (Å²) in [5.41, 5.74) is 2.69. The lowest BCUT2D eigenvalue weighted by molar-refractivity contribution is 0.102. The third kappa shape index (κ3) is 2.21. The number of pyridine rings is 1. The molecule has 88 valence electrons. The van der Waals surface area contributed by atoms with Gasteiger partial charge in [0.25, 0.3) is 5.91 Å². The fraction of sp³-hybridized carbons (Fsp3) is 0.111. The largest absolute Gasteiger partial charge is 0.308 e. The maximum atomic E-state index is 11.9. The van der Waals surface area contributed by atoms with Crippen molar-refractivity contribution in [2.75, 3.05) is 10.7 Å². The van der Waals surface area contributed by atoms with Crippen molar-refractivity contribution in [1.29, 1.82) is 0 Å². The molecule has 4 N–H and O–H groups in total. The van der Waals surface area contributed by atoms with Gasteiger partial charge in [0.1, 0.15) is 6.33 Å². The van der Waals surface area contributed by atoms with Gasteiger partial charge in [0.05, 0.1) is 5.56 Å². The van der Waals surface area contributed by atoms with Crippen LogP contribution in [0.3, 0.4) is 0 Å². The van der Waals surface area contributed by atoms with Crippen LogP contribution in [0.25, 0.3) is 0 Å². The van der Waals surface area contributed by atoms with Gasteiger partial charge in [-0.25, -0.2) is 15.5 Å². The van der Waals surface area contributed by atoms with Crippen LogP contribution in [-0.2, 0) is 7.05 Å². The zero-order chi connectivity index (χ0) is 12.3. The molecule has 0 fully saturated rings. The molecule has 0 radical (unpaired) electrons. The summed E-state index contributed by atoms with van der Waals surface area (Å²) in [5.74, 6) is 5.55. The summed E-state index contributed by atoms with van der Waals surface area (Å²) >= 11 is 0. The predicted molar refractivity (Wildman–Crippen MR) is 61.0 cm³/mol. The molecule has 8 nitrogen and oxygen atoms in total. The van der Waals surface area contributed by atoms with Crippen LogP contribution in [0, 0.1) is 0 Å². The molecular weight excluding hydrogens is 222 g/mol. The number of amides is 1. The minimum absolute atomic E-state index is 0.298. The standard InChI is InChI=1S/C9H11N7O/c1-16-9(12-5-13-16)14-8(17)6-3-2-4-11-7(6)15-10/h2-5H,10H2,1H3,(H,11,15)(H,12,13,14,17). The van der Waals surface area contributed by atoms with Crippen LogP contribution in [0.4, 0.5) is 11.8 Å². The molecule has 0 aliphatic carbocycles. The van der Waals surface area contributed by atoms with Gasteiger partial charge < -0.3 is 5.43 Å². The zero-order valence-corrected chi connectivity index (χ0v) is 9.08. The van der Waals surface area contributed by atoms with E-state index in [2.05, 4.69) is 25.8 Å². The van der Waals surface area contributed by atoms with Gasteiger partial charge in [0, 0.05) is 13.2 Å². The van der Waals surface area contributed by atoms with Crippen LogP contribution in [0.15, 0.2) is 24.7 Å². The minimum Gasteiger partial charge on any atom is -0.308 e. The Balaban J connectivity index is 2.23. The minimum atomic E-state index is -0.359. The highest BCUT2D eigenvalue weighted by Gasteiger charge is 2.13. The second-order valence-corrected chi connectivity index (χ2v) is 3.21. The summed E-state index contributed by atoms with van der Waals surface area (Å²) in [7, 11) is 1.67. The summed E-state index contributed by atoms with van der Waals surface area (Å²) in [6, 6.07) is 3.25. The number of carbonyl (C=O) groups excluding carboxylic acids is 1. The molecule has 0 unspecified atom stereocenters. The normalized spacial score (nSPS) is 10.0. The summed E-state index contributed by atoms with van der Waals surface area (Å²) in [6.45, 7) is 0. The highest BCUT2D eigenvalue weighted by molar-refractivity contribution is 6.06. The number of anilines is 2. The third-order valence-electron chi connectivity index (χ3n) is 2.13. The van der Waals surface area contributed by atoms with E-state index in [1.54, 1.807) is 19.2 Å². The number of rotatable bonds is 3. The van der Waals surface area contributed by atoms with Crippen molar-refractivity contribution in [2.24, 2.45) is 12.9 Å². The molecule has 17 heavy (non-hydrogen) atoms. The average molecular weight is 233 g/mol. The van der Waals surface area contributed by atoms with Crippen LogP contribution >= 0.6 is 0 Å². The summed E-state index contributed by atoms with van der Waals surface area (Å²) in [6.07, 6.45) is 2.88. The molecule has 0 atom stereocenters. The van der Waals surface area contributed by atoms with Gasteiger partial charge in [-0.1, -0.05) is 0 Å². The van der Waals surface area contributed by atoms with Gasteiger partial charge >= 0.3 is 0 Å². The number of nitrogens with one attached hydrogen (secondary N) is 2. The number of aryl methyl sites for hydroxylation is 1. The molecule has 0 aromatic carbocycles. The molecule has 2 aromatic heterocycles. The maximum Gasteiger partial charge on any atom is 0.261 e. The fourth-order valence-corrected chi connectivity index (χ4v) is 1.28. The number of nitrogens with two attached hydrogens (primary N) is 1. The van der Waals surface area contributed by atoms with E-state index in [1.807, 2.05) is 0 Å². The second kappa shape index (κ2) is 4.58. The number of nitrogen functional groups attached to an aromatic ring is 1. The van der Waals surface area contributed by atoms with Gasteiger partial charge in [-0.3, -0.25) is 10.1 Å². The Morgan fingerprint density at radius 3 is 2.94 bits per heavy atom. The molecule has 0 saturated carbocycles. The summed E-state index contributed by atoms with van der Waals surface area (Å²) in [5, 5.41) is 6.44. The lowest BCUT2D eigenvalue weighted by Gasteiger charge is -2.07. The third-order valence-corrected chi connectivity index (χ3v) is 2.13. The highest BCUT2D eigenvalue weighted by Crippen LogP contribution is 2.11. The van der Waals surface area contributed by atoms with Gasteiger partial charge in [-0.2, -0.15) is 10.1 Å². The van der Waals surface area contributed by atoms with Gasteiger partial charge in [-0.15, -0.1) is 0 Å². The SMILES string of the molecule is Cn1ncnc1NC(=O)c1cccnc1NN. The molecule has 2 rings (SSSR count). The molecule has 2 heterocycles. The van der Waals surface area contributed by atoms with E-state index in [9.17, 15) is 4.79 Å². The Hall–Kier alpha value is -2.48. The van der Waals surface area contributed by atoms with Gasteiger partial charge in [-0.05, 0) is 12.1 Å². The van der Waals surface area contributed by atoms with E-state index in [-0.39, 0.29) is 5.91 Å².